The molecule has 1 aromatic carbocycles. The maximum absolute atomic E-state index is 12.6. The zero-order valence-corrected chi connectivity index (χ0v) is 18.4. The lowest BCUT2D eigenvalue weighted by molar-refractivity contribution is -0.139. The molecular weight excluding hydrogens is 438 g/mol. The molecule has 10 heteroatoms. The molecule has 1 aliphatic rings. The summed E-state index contributed by atoms with van der Waals surface area (Å²) in [5, 5.41) is 5.96. The van der Waals surface area contributed by atoms with Crippen molar-refractivity contribution in [3.05, 3.63) is 52.5 Å². The van der Waals surface area contributed by atoms with Crippen molar-refractivity contribution < 1.29 is 23.9 Å². The molecule has 4 rings (SSSR count). The lowest BCUT2D eigenvalue weighted by Crippen LogP contribution is -2.50. The van der Waals surface area contributed by atoms with Crippen LogP contribution in [0.15, 0.2) is 47.7 Å². The number of carbonyl (C=O) groups is 3. The van der Waals surface area contributed by atoms with Gasteiger partial charge in [0.2, 0.25) is 0 Å². The van der Waals surface area contributed by atoms with Crippen molar-refractivity contribution in [2.45, 2.75) is 19.9 Å². The van der Waals surface area contributed by atoms with Crippen LogP contribution in [-0.2, 0) is 14.3 Å². The van der Waals surface area contributed by atoms with Gasteiger partial charge in [0.1, 0.15) is 16.5 Å². The van der Waals surface area contributed by atoms with Crippen LogP contribution >= 0.6 is 22.7 Å². The van der Waals surface area contributed by atoms with Gasteiger partial charge in [0.05, 0.1) is 39.0 Å². The van der Waals surface area contributed by atoms with Crippen molar-refractivity contribution in [2.24, 2.45) is 0 Å². The Bertz CT molecular complexity index is 1160. The molecule has 0 aliphatic carbocycles. The average molecular weight is 458 g/mol. The smallest absolute Gasteiger partial charge is 0.348 e. The molecule has 160 valence electrons. The summed E-state index contributed by atoms with van der Waals surface area (Å²) in [5.41, 5.74) is 1.36. The van der Waals surface area contributed by atoms with Gasteiger partial charge in [0, 0.05) is 0 Å². The molecule has 1 aliphatic heterocycles. The number of nitrogens with zero attached hydrogens (tertiary/aromatic N) is 1. The fourth-order valence-electron chi connectivity index (χ4n) is 3.14. The second-order valence-electron chi connectivity index (χ2n) is 6.66. The predicted octanol–water partition coefficient (Wildman–Crippen LogP) is 3.70. The van der Waals surface area contributed by atoms with Gasteiger partial charge in [-0.05, 0) is 38.1 Å². The number of thiazole rings is 1. The number of benzene rings is 1. The molecule has 8 nitrogen and oxygen atoms in total. The summed E-state index contributed by atoms with van der Waals surface area (Å²) in [5.74, 6) is -1.11. The molecule has 1 atom stereocenters. The number of aromatic nitrogens is 1. The summed E-state index contributed by atoms with van der Waals surface area (Å²) in [6.45, 7) is 3.30. The second kappa shape index (κ2) is 8.86. The summed E-state index contributed by atoms with van der Waals surface area (Å²) >= 11 is 2.83. The van der Waals surface area contributed by atoms with E-state index in [-0.39, 0.29) is 24.5 Å². The van der Waals surface area contributed by atoms with E-state index in [0.717, 1.165) is 20.1 Å². The Morgan fingerprint density at radius 2 is 1.90 bits per heavy atom. The molecule has 0 saturated carbocycles. The van der Waals surface area contributed by atoms with Crippen molar-refractivity contribution in [1.82, 2.24) is 15.6 Å². The van der Waals surface area contributed by atoms with Gasteiger partial charge in [-0.25, -0.2) is 19.4 Å². The molecule has 3 heterocycles. The summed E-state index contributed by atoms with van der Waals surface area (Å²) in [6.07, 6.45) is 0. The fraction of sp³-hybridized carbons (Fsp3) is 0.238. The highest BCUT2D eigenvalue weighted by molar-refractivity contribution is 7.26. The highest BCUT2D eigenvalue weighted by Crippen LogP contribution is 2.34. The molecule has 2 amide bonds. The lowest BCUT2D eigenvalue weighted by atomic mass is 10.0. The Balaban J connectivity index is 1.49. The molecule has 0 fully saturated rings. The normalized spacial score (nSPS) is 16.1. The Morgan fingerprint density at radius 3 is 2.68 bits per heavy atom. The number of thiophene rings is 1. The predicted molar refractivity (Wildman–Crippen MR) is 118 cm³/mol. The quantitative estimate of drug-likeness (QED) is 0.547. The van der Waals surface area contributed by atoms with Crippen LogP contribution in [0.2, 0.25) is 0 Å². The van der Waals surface area contributed by atoms with Crippen LogP contribution in [0.4, 0.5) is 4.79 Å². The molecule has 2 N–H and O–H groups in total. The van der Waals surface area contributed by atoms with Crippen LogP contribution in [0.25, 0.3) is 20.1 Å². The van der Waals surface area contributed by atoms with E-state index in [1.54, 1.807) is 31.3 Å². The van der Waals surface area contributed by atoms with Gasteiger partial charge < -0.3 is 20.1 Å². The number of amides is 2. The minimum Gasteiger partial charge on any atom is -0.463 e. The van der Waals surface area contributed by atoms with Gasteiger partial charge >= 0.3 is 18.0 Å². The second-order valence-corrected chi connectivity index (χ2v) is 8.77. The molecule has 2 aromatic heterocycles. The topological polar surface area (TPSA) is 107 Å². The molecule has 0 spiro atoms. The number of esters is 2. The van der Waals surface area contributed by atoms with Crippen LogP contribution < -0.4 is 10.6 Å². The molecule has 0 saturated heterocycles. The first-order valence-electron chi connectivity index (χ1n) is 9.57. The number of rotatable bonds is 6. The number of ether oxygens (including phenoxy) is 2. The largest absolute Gasteiger partial charge is 0.463 e. The zero-order valence-electron chi connectivity index (χ0n) is 16.8. The lowest BCUT2D eigenvalue weighted by Gasteiger charge is -2.26. The molecular formula is C21H19N3O5S2. The van der Waals surface area contributed by atoms with E-state index in [4.69, 9.17) is 9.47 Å². The van der Waals surface area contributed by atoms with Crippen LogP contribution in [0.5, 0.6) is 0 Å². The SMILES string of the molecule is CCOC(=O)C1=C(COC(=O)c2ccc(-c3nc4ccccc4s3)s2)NC(=O)N[C@H]1C. The van der Waals surface area contributed by atoms with Crippen LogP contribution in [0.1, 0.15) is 23.5 Å². The number of hydrogen-bond donors (Lipinski definition) is 2. The Hall–Kier alpha value is -3.24. The molecule has 0 radical (unpaired) electrons. The summed E-state index contributed by atoms with van der Waals surface area (Å²) in [6, 6.07) is 10.3. The van der Waals surface area contributed by atoms with Crippen molar-refractivity contribution in [2.75, 3.05) is 13.2 Å². The zero-order chi connectivity index (χ0) is 22.0. The molecule has 31 heavy (non-hydrogen) atoms. The summed E-state index contributed by atoms with van der Waals surface area (Å²) in [7, 11) is 0. The summed E-state index contributed by atoms with van der Waals surface area (Å²) < 4.78 is 11.5. The van der Waals surface area contributed by atoms with Crippen molar-refractivity contribution in [3.8, 4) is 9.88 Å². The third-order valence-electron chi connectivity index (χ3n) is 4.52. The van der Waals surface area contributed by atoms with E-state index in [0.29, 0.717) is 4.88 Å². The van der Waals surface area contributed by atoms with E-state index >= 15 is 0 Å². The molecule has 3 aromatic rings. The maximum Gasteiger partial charge on any atom is 0.348 e. The average Bonchev–Trinajstić information content (AvgIpc) is 3.38. The first kappa shape index (κ1) is 21.0. The number of hydrogen-bond acceptors (Lipinski definition) is 8. The third kappa shape index (κ3) is 4.44. The van der Waals surface area contributed by atoms with Crippen molar-refractivity contribution >= 4 is 50.9 Å². The van der Waals surface area contributed by atoms with E-state index in [9.17, 15) is 14.4 Å². The van der Waals surface area contributed by atoms with Gasteiger partial charge in [-0.3, -0.25) is 0 Å². The minimum atomic E-state index is -0.567. The number of carbonyl (C=O) groups excluding carboxylic acids is 3. The van der Waals surface area contributed by atoms with Crippen molar-refractivity contribution in [3.63, 3.8) is 0 Å². The highest BCUT2D eigenvalue weighted by atomic mass is 32.1. The van der Waals surface area contributed by atoms with Gasteiger partial charge in [-0.15, -0.1) is 22.7 Å². The monoisotopic (exact) mass is 457 g/mol. The van der Waals surface area contributed by atoms with Gasteiger partial charge in [-0.1, -0.05) is 12.1 Å². The standard InChI is InChI=1S/C21H19N3O5S2/c1-3-28-20(26)17-11(2)22-21(27)24-13(17)10-29-19(25)16-9-8-15(30-16)18-23-12-6-4-5-7-14(12)31-18/h4-9,11H,3,10H2,1-2H3,(H2,22,24,27)/t11-/m0/s1. The number of para-hydroxylation sites is 1. The van der Waals surface area contributed by atoms with Gasteiger partial charge in [0.25, 0.3) is 0 Å². The fourth-order valence-corrected chi connectivity index (χ4v) is 5.06. The Kier molecular flexibility index (Phi) is 6.01. The number of fused-ring (bicyclic) bond motifs is 1. The molecule has 0 bridgehead atoms. The van der Waals surface area contributed by atoms with Crippen LogP contribution in [-0.4, -0.2) is 42.2 Å². The number of nitrogens with one attached hydrogen (secondary N) is 2. The third-order valence-corrected chi connectivity index (χ3v) is 6.80. The summed E-state index contributed by atoms with van der Waals surface area (Å²) in [4.78, 5) is 42.5. The van der Waals surface area contributed by atoms with E-state index in [1.807, 2.05) is 30.3 Å². The van der Waals surface area contributed by atoms with E-state index in [1.165, 1.54) is 11.3 Å². The van der Waals surface area contributed by atoms with Gasteiger partial charge in [-0.2, -0.15) is 0 Å². The maximum atomic E-state index is 12.6. The van der Waals surface area contributed by atoms with Crippen molar-refractivity contribution in [1.29, 1.82) is 0 Å². The first-order valence-corrected chi connectivity index (χ1v) is 11.2. The number of urea groups is 1. The Labute approximate surface area is 185 Å². The molecule has 0 unspecified atom stereocenters. The van der Waals surface area contributed by atoms with Crippen LogP contribution in [0, 0.1) is 0 Å². The highest BCUT2D eigenvalue weighted by Gasteiger charge is 2.30. The Morgan fingerprint density at radius 1 is 1.10 bits per heavy atom. The minimum absolute atomic E-state index is 0.194. The first-order chi connectivity index (χ1) is 15.0. The van der Waals surface area contributed by atoms with E-state index in [2.05, 4.69) is 15.6 Å². The van der Waals surface area contributed by atoms with E-state index < -0.39 is 24.0 Å². The van der Waals surface area contributed by atoms with Crippen LogP contribution in [0.3, 0.4) is 0 Å². The van der Waals surface area contributed by atoms with Gasteiger partial charge in [0.15, 0.2) is 0 Å².